The van der Waals surface area contributed by atoms with Crippen molar-refractivity contribution in [2.24, 2.45) is 4.99 Å². The Morgan fingerprint density at radius 2 is 1.76 bits per heavy atom. The number of amides is 1. The van der Waals surface area contributed by atoms with Crippen molar-refractivity contribution in [1.82, 2.24) is 4.90 Å². The smallest absolute Gasteiger partial charge is 0.269 e. The minimum atomic E-state index is -0.426. The van der Waals surface area contributed by atoms with Crippen LogP contribution in [0.1, 0.15) is 24.5 Å². The monoisotopic (exact) mass is 759 g/mol. The van der Waals surface area contributed by atoms with Crippen molar-refractivity contribution in [3.63, 3.8) is 0 Å². The van der Waals surface area contributed by atoms with Gasteiger partial charge in [0.15, 0.2) is 5.17 Å². The summed E-state index contributed by atoms with van der Waals surface area (Å²) in [6.45, 7) is 2.90. The molecule has 1 saturated heterocycles. The van der Waals surface area contributed by atoms with Crippen molar-refractivity contribution in [3.05, 3.63) is 99.0 Å². The molecule has 0 spiro atoms. The predicted molar refractivity (Wildman–Crippen MR) is 165 cm³/mol. The average molecular weight is 760 g/mol. The number of nitrogens with zero attached hydrogens (tertiary/aromatic N) is 3. The van der Waals surface area contributed by atoms with E-state index in [-0.39, 0.29) is 18.2 Å². The summed E-state index contributed by atoms with van der Waals surface area (Å²) >= 11 is 11.8. The van der Waals surface area contributed by atoms with Crippen LogP contribution in [0.5, 0.6) is 5.75 Å². The first-order valence-corrected chi connectivity index (χ1v) is 14.5. The molecule has 7 nitrogen and oxygen atoms in total. The van der Waals surface area contributed by atoms with Crippen LogP contribution < -0.4 is 4.74 Å². The fraction of sp³-hybridized carbons (Fsp3) is 0.154. The fourth-order valence-corrected chi connectivity index (χ4v) is 6.74. The van der Waals surface area contributed by atoms with Crippen LogP contribution >= 0.6 is 68.5 Å². The van der Waals surface area contributed by atoms with E-state index in [9.17, 15) is 14.9 Å². The van der Waals surface area contributed by atoms with Crippen molar-refractivity contribution in [1.29, 1.82) is 0 Å². The van der Waals surface area contributed by atoms with Gasteiger partial charge in [0.25, 0.3) is 11.6 Å². The number of benzene rings is 3. The number of thioether (sulfide) groups is 1. The Bertz CT molecular complexity index is 1370. The molecule has 37 heavy (non-hydrogen) atoms. The highest BCUT2D eigenvalue weighted by Gasteiger charge is 2.32. The topological polar surface area (TPSA) is 85.0 Å². The molecule has 0 atom stereocenters. The minimum absolute atomic E-state index is 0.0449. The summed E-state index contributed by atoms with van der Waals surface area (Å²) in [4.78, 5) is 30.6. The zero-order valence-electron chi connectivity index (χ0n) is 19.5. The Kier molecular flexibility index (Phi) is 9.48. The molecule has 0 bridgehead atoms. The highest BCUT2D eigenvalue weighted by atomic mass is 127. The summed E-state index contributed by atoms with van der Waals surface area (Å²) in [7, 11) is 0. The van der Waals surface area contributed by atoms with Gasteiger partial charge in [0.05, 0.1) is 22.7 Å². The maximum Gasteiger partial charge on any atom is 0.269 e. The molecule has 0 aromatic heterocycles. The van der Waals surface area contributed by atoms with E-state index < -0.39 is 4.92 Å². The molecule has 0 unspecified atom stereocenters. The van der Waals surface area contributed by atoms with Crippen LogP contribution in [0.2, 0.25) is 5.02 Å². The molecule has 0 aliphatic carbocycles. The normalized spacial score (nSPS) is 15.6. The van der Waals surface area contributed by atoms with E-state index in [2.05, 4.69) is 50.2 Å². The van der Waals surface area contributed by atoms with E-state index in [1.54, 1.807) is 29.2 Å². The van der Waals surface area contributed by atoms with Gasteiger partial charge in [-0.3, -0.25) is 19.8 Å². The number of carbonyl (C=O) groups is 1. The van der Waals surface area contributed by atoms with Gasteiger partial charge >= 0.3 is 0 Å². The van der Waals surface area contributed by atoms with Crippen LogP contribution in [0.25, 0.3) is 6.08 Å². The Balaban J connectivity index is 1.53. The number of halogens is 3. The highest BCUT2D eigenvalue weighted by molar-refractivity contribution is 14.1. The molecule has 1 fully saturated rings. The summed E-state index contributed by atoms with van der Waals surface area (Å²) in [6, 6.07) is 17.4. The molecule has 190 valence electrons. The first kappa shape index (κ1) is 27.9. The van der Waals surface area contributed by atoms with Gasteiger partial charge in [-0.1, -0.05) is 18.5 Å². The summed E-state index contributed by atoms with van der Waals surface area (Å²) in [5, 5.41) is 12.1. The summed E-state index contributed by atoms with van der Waals surface area (Å²) in [5.41, 5.74) is 2.50. The third kappa shape index (κ3) is 7.03. The first-order chi connectivity index (χ1) is 17.7. The Morgan fingerprint density at radius 1 is 1.11 bits per heavy atom. The molecular formula is C26H20ClI2N3O4S. The summed E-state index contributed by atoms with van der Waals surface area (Å²) in [5.74, 6) is 0.660. The molecule has 0 radical (unpaired) electrons. The fourth-order valence-electron chi connectivity index (χ4n) is 3.46. The second kappa shape index (κ2) is 12.6. The SMILES string of the molecule is CCCN1C(=O)/C(=C/c2cc(I)c(OCc3ccc([N+](=O)[O-])cc3)c(I)c2)SC1=Nc1ccc(Cl)cc1. The lowest BCUT2D eigenvalue weighted by Gasteiger charge is -2.14. The molecule has 1 aliphatic heterocycles. The van der Waals surface area contributed by atoms with Gasteiger partial charge < -0.3 is 4.74 Å². The number of aliphatic imine (C=N–C) groups is 1. The largest absolute Gasteiger partial charge is 0.487 e. The van der Waals surface area contributed by atoms with E-state index in [1.165, 1.54) is 23.9 Å². The third-order valence-electron chi connectivity index (χ3n) is 5.24. The number of ether oxygens (including phenoxy) is 1. The molecule has 0 N–H and O–H groups in total. The van der Waals surface area contributed by atoms with Gasteiger partial charge in [0.2, 0.25) is 0 Å². The lowest BCUT2D eigenvalue weighted by molar-refractivity contribution is -0.384. The van der Waals surface area contributed by atoms with Gasteiger partial charge in [-0.2, -0.15) is 0 Å². The standard InChI is InChI=1S/C26H20ClI2N3O4S/c1-2-11-31-25(33)23(37-26(31)30-19-7-5-18(27)6-8-19)14-17-12-21(28)24(22(29)13-17)36-15-16-3-9-20(10-4-16)32(34)35/h3-10,12-14H,2,11,15H2,1H3/b23-14-,30-26?. The molecule has 0 saturated carbocycles. The van der Waals surface area contributed by atoms with Crippen LogP contribution in [-0.2, 0) is 11.4 Å². The quantitative estimate of drug-likeness (QED) is 0.101. The van der Waals surface area contributed by atoms with Gasteiger partial charge in [-0.25, -0.2) is 4.99 Å². The van der Waals surface area contributed by atoms with Crippen molar-refractivity contribution >= 4 is 97.1 Å². The van der Waals surface area contributed by atoms with E-state index in [4.69, 9.17) is 16.3 Å². The maximum absolute atomic E-state index is 13.2. The van der Waals surface area contributed by atoms with Crippen LogP contribution in [-0.4, -0.2) is 27.4 Å². The van der Waals surface area contributed by atoms with Crippen LogP contribution in [0, 0.1) is 17.3 Å². The molecular weight excluding hydrogens is 740 g/mol. The minimum Gasteiger partial charge on any atom is -0.487 e. The zero-order chi connectivity index (χ0) is 26.5. The Morgan fingerprint density at radius 3 is 2.35 bits per heavy atom. The number of hydrogen-bond acceptors (Lipinski definition) is 6. The molecule has 1 heterocycles. The van der Waals surface area contributed by atoms with E-state index >= 15 is 0 Å². The number of nitro benzene ring substituents is 1. The van der Waals surface area contributed by atoms with Crippen molar-refractivity contribution in [2.45, 2.75) is 20.0 Å². The Labute approximate surface area is 250 Å². The highest BCUT2D eigenvalue weighted by Crippen LogP contribution is 2.36. The molecule has 3 aromatic carbocycles. The zero-order valence-corrected chi connectivity index (χ0v) is 25.4. The number of non-ortho nitro benzene ring substituents is 1. The van der Waals surface area contributed by atoms with Gasteiger partial charge in [0, 0.05) is 23.7 Å². The van der Waals surface area contributed by atoms with Gasteiger partial charge in [-0.05, 0) is 129 Å². The molecule has 11 heteroatoms. The average Bonchev–Trinajstić information content (AvgIpc) is 3.14. The third-order valence-corrected chi connectivity index (χ3v) is 8.10. The molecule has 4 rings (SSSR count). The number of hydrogen-bond donors (Lipinski definition) is 0. The second-order valence-corrected chi connectivity index (χ2v) is 11.7. The van der Waals surface area contributed by atoms with Crippen molar-refractivity contribution in [2.75, 3.05) is 6.54 Å². The number of rotatable bonds is 8. The van der Waals surface area contributed by atoms with Crippen LogP contribution in [0.4, 0.5) is 11.4 Å². The Hall–Kier alpha value is -2.16. The maximum atomic E-state index is 13.2. The van der Waals surface area contributed by atoms with Crippen LogP contribution in [0.3, 0.4) is 0 Å². The molecule has 3 aromatic rings. The predicted octanol–water partition coefficient (Wildman–Crippen LogP) is 8.05. The summed E-state index contributed by atoms with van der Waals surface area (Å²) < 4.78 is 7.82. The van der Waals surface area contributed by atoms with E-state index in [1.807, 2.05) is 37.3 Å². The lowest BCUT2D eigenvalue weighted by Crippen LogP contribution is -2.29. The van der Waals surface area contributed by atoms with Crippen molar-refractivity contribution < 1.29 is 14.5 Å². The van der Waals surface area contributed by atoms with Gasteiger partial charge in [0.1, 0.15) is 12.4 Å². The first-order valence-electron chi connectivity index (χ1n) is 11.2. The molecule has 1 aliphatic rings. The number of amidine groups is 1. The number of carbonyl (C=O) groups excluding carboxylic acids is 1. The lowest BCUT2D eigenvalue weighted by atomic mass is 10.2. The van der Waals surface area contributed by atoms with E-state index in [0.717, 1.165) is 36.1 Å². The van der Waals surface area contributed by atoms with Crippen molar-refractivity contribution in [3.8, 4) is 5.75 Å². The molecule has 1 amide bonds. The second-order valence-electron chi connectivity index (χ2n) is 7.96. The summed E-state index contributed by atoms with van der Waals surface area (Å²) in [6.07, 6.45) is 2.69. The van der Waals surface area contributed by atoms with E-state index in [0.29, 0.717) is 21.6 Å². The van der Waals surface area contributed by atoms with Crippen LogP contribution in [0.15, 0.2) is 70.6 Å². The number of nitro groups is 1. The van der Waals surface area contributed by atoms with Gasteiger partial charge in [-0.15, -0.1) is 0 Å².